The second-order valence-corrected chi connectivity index (χ2v) is 5.89. The summed E-state index contributed by atoms with van der Waals surface area (Å²) in [6.07, 6.45) is 0. The molecule has 5 heteroatoms. The molecule has 2 aromatic rings. The first kappa shape index (κ1) is 15.9. The number of benzene rings is 2. The molecule has 0 saturated heterocycles. The highest BCUT2D eigenvalue weighted by atomic mass is 16.2. The number of fused-ring (bicyclic) bond motifs is 1. The highest BCUT2D eigenvalue weighted by Crippen LogP contribution is 2.24. The fraction of sp³-hybridized carbons (Fsp3) is 0.211. The van der Waals surface area contributed by atoms with E-state index in [2.05, 4.69) is 5.32 Å². The van der Waals surface area contributed by atoms with E-state index < -0.39 is 6.04 Å². The molecular formula is C19H18N2O3. The zero-order valence-corrected chi connectivity index (χ0v) is 13.6. The van der Waals surface area contributed by atoms with Gasteiger partial charge in [-0.15, -0.1) is 0 Å². The molecule has 24 heavy (non-hydrogen) atoms. The van der Waals surface area contributed by atoms with Crippen molar-refractivity contribution in [3.63, 3.8) is 0 Å². The number of anilines is 1. The zero-order chi connectivity index (χ0) is 17.3. The molecule has 1 atom stereocenters. The van der Waals surface area contributed by atoms with Crippen molar-refractivity contribution in [1.82, 2.24) is 4.90 Å². The number of hydrogen-bond donors (Lipinski definition) is 1. The first-order valence-electron chi connectivity index (χ1n) is 7.78. The van der Waals surface area contributed by atoms with Crippen LogP contribution in [0.2, 0.25) is 0 Å². The van der Waals surface area contributed by atoms with Crippen LogP contribution in [-0.2, 0) is 11.3 Å². The number of rotatable bonds is 4. The van der Waals surface area contributed by atoms with Crippen molar-refractivity contribution < 1.29 is 14.4 Å². The van der Waals surface area contributed by atoms with Gasteiger partial charge in [-0.1, -0.05) is 18.2 Å². The Balaban J connectivity index is 1.70. The zero-order valence-electron chi connectivity index (χ0n) is 13.6. The Bertz CT molecular complexity index is 812. The van der Waals surface area contributed by atoms with Gasteiger partial charge in [-0.05, 0) is 49.7 Å². The minimum Gasteiger partial charge on any atom is -0.324 e. The number of nitrogens with one attached hydrogen (secondary N) is 1. The molecule has 0 aromatic heterocycles. The molecule has 1 heterocycles. The summed E-state index contributed by atoms with van der Waals surface area (Å²) in [6.45, 7) is 3.64. The maximum Gasteiger partial charge on any atom is 0.255 e. The summed E-state index contributed by atoms with van der Waals surface area (Å²) >= 11 is 0. The van der Waals surface area contributed by atoms with Gasteiger partial charge in [0.1, 0.15) is 6.04 Å². The van der Waals surface area contributed by atoms with Crippen molar-refractivity contribution >= 4 is 23.3 Å². The minimum atomic E-state index is -0.586. The third-order valence-corrected chi connectivity index (χ3v) is 4.26. The number of Topliss-reactive ketones (excluding diaryl/α,β-unsaturated/α-hetero) is 1. The van der Waals surface area contributed by atoms with Crippen LogP contribution >= 0.6 is 0 Å². The van der Waals surface area contributed by atoms with Crippen molar-refractivity contribution in [2.45, 2.75) is 26.4 Å². The van der Waals surface area contributed by atoms with E-state index in [0.29, 0.717) is 23.4 Å². The lowest BCUT2D eigenvalue weighted by molar-refractivity contribution is -0.120. The van der Waals surface area contributed by atoms with Gasteiger partial charge in [0.15, 0.2) is 5.78 Å². The van der Waals surface area contributed by atoms with Gasteiger partial charge in [0.05, 0.1) is 0 Å². The summed E-state index contributed by atoms with van der Waals surface area (Å²) < 4.78 is 0. The fourth-order valence-electron chi connectivity index (χ4n) is 2.77. The maximum atomic E-state index is 12.4. The van der Waals surface area contributed by atoms with E-state index in [1.807, 2.05) is 18.2 Å². The van der Waals surface area contributed by atoms with Crippen LogP contribution in [0.4, 0.5) is 5.69 Å². The third kappa shape index (κ3) is 2.93. The lowest BCUT2D eigenvalue weighted by atomic mass is 10.1. The molecule has 2 amide bonds. The van der Waals surface area contributed by atoms with E-state index in [9.17, 15) is 14.4 Å². The maximum absolute atomic E-state index is 12.4. The van der Waals surface area contributed by atoms with Gasteiger partial charge < -0.3 is 10.2 Å². The standard InChI is InChI=1S/C19H18N2O3/c1-12(21-11-15-5-3-4-6-17(15)19(21)24)18(23)20-16-9-7-14(8-10-16)13(2)22/h3-10,12H,11H2,1-2H3,(H,20,23)/t12-/m0/s1. The first-order chi connectivity index (χ1) is 11.5. The van der Waals surface area contributed by atoms with E-state index in [1.54, 1.807) is 42.2 Å². The van der Waals surface area contributed by atoms with Gasteiger partial charge in [0, 0.05) is 23.4 Å². The molecule has 0 aliphatic carbocycles. The average molecular weight is 322 g/mol. The van der Waals surface area contributed by atoms with E-state index in [0.717, 1.165) is 5.56 Å². The normalized spacial score (nSPS) is 14.2. The van der Waals surface area contributed by atoms with Crippen LogP contribution in [0.3, 0.4) is 0 Å². The predicted octanol–water partition coefficient (Wildman–Crippen LogP) is 2.87. The quantitative estimate of drug-likeness (QED) is 0.880. The van der Waals surface area contributed by atoms with E-state index in [4.69, 9.17) is 0 Å². The molecule has 0 fully saturated rings. The van der Waals surface area contributed by atoms with Crippen molar-refractivity contribution in [2.24, 2.45) is 0 Å². The van der Waals surface area contributed by atoms with Crippen LogP contribution in [0.5, 0.6) is 0 Å². The summed E-state index contributed by atoms with van der Waals surface area (Å²) in [4.78, 5) is 37.7. The smallest absolute Gasteiger partial charge is 0.255 e. The van der Waals surface area contributed by atoms with Crippen molar-refractivity contribution in [2.75, 3.05) is 5.32 Å². The second kappa shape index (κ2) is 6.28. The number of carbonyl (C=O) groups excluding carboxylic acids is 3. The minimum absolute atomic E-state index is 0.0262. The molecule has 122 valence electrons. The largest absolute Gasteiger partial charge is 0.324 e. The molecule has 0 bridgehead atoms. The molecule has 1 aliphatic heterocycles. The van der Waals surface area contributed by atoms with E-state index >= 15 is 0 Å². The van der Waals surface area contributed by atoms with Crippen LogP contribution in [0.15, 0.2) is 48.5 Å². The molecule has 5 nitrogen and oxygen atoms in total. The Labute approximate surface area is 140 Å². The summed E-state index contributed by atoms with van der Waals surface area (Å²) in [5.74, 6) is -0.409. The van der Waals surface area contributed by atoms with Crippen molar-refractivity contribution in [1.29, 1.82) is 0 Å². The molecule has 0 spiro atoms. The topological polar surface area (TPSA) is 66.5 Å². The van der Waals surface area contributed by atoms with E-state index in [-0.39, 0.29) is 17.6 Å². The predicted molar refractivity (Wildman–Crippen MR) is 90.9 cm³/mol. The average Bonchev–Trinajstić information content (AvgIpc) is 2.92. The fourth-order valence-corrected chi connectivity index (χ4v) is 2.77. The number of amides is 2. The third-order valence-electron chi connectivity index (χ3n) is 4.26. The van der Waals surface area contributed by atoms with Gasteiger partial charge in [-0.3, -0.25) is 14.4 Å². The SMILES string of the molecule is CC(=O)c1ccc(NC(=O)[C@H](C)N2Cc3ccccc3C2=O)cc1. The Morgan fingerprint density at radius 3 is 2.38 bits per heavy atom. The van der Waals surface area contributed by atoms with Gasteiger partial charge in [0.2, 0.25) is 5.91 Å². The lowest BCUT2D eigenvalue weighted by Gasteiger charge is -2.23. The highest BCUT2D eigenvalue weighted by molar-refractivity contribution is 6.03. The van der Waals surface area contributed by atoms with Gasteiger partial charge >= 0.3 is 0 Å². The Kier molecular flexibility index (Phi) is 4.16. The van der Waals surface area contributed by atoms with Crippen LogP contribution in [-0.4, -0.2) is 28.5 Å². The monoisotopic (exact) mass is 322 g/mol. The number of nitrogens with zero attached hydrogens (tertiary/aromatic N) is 1. The van der Waals surface area contributed by atoms with Crippen LogP contribution in [0, 0.1) is 0 Å². The number of carbonyl (C=O) groups is 3. The highest BCUT2D eigenvalue weighted by Gasteiger charge is 2.33. The van der Waals surface area contributed by atoms with Crippen LogP contribution < -0.4 is 5.32 Å². The molecule has 2 aromatic carbocycles. The molecular weight excluding hydrogens is 304 g/mol. The summed E-state index contributed by atoms with van der Waals surface area (Å²) in [5, 5.41) is 2.79. The number of hydrogen-bond acceptors (Lipinski definition) is 3. The lowest BCUT2D eigenvalue weighted by Crippen LogP contribution is -2.42. The summed E-state index contributed by atoms with van der Waals surface area (Å²) in [5.41, 5.74) is 2.78. The van der Waals surface area contributed by atoms with Crippen molar-refractivity contribution in [3.8, 4) is 0 Å². The summed E-state index contributed by atoms with van der Waals surface area (Å²) in [7, 11) is 0. The molecule has 0 saturated carbocycles. The van der Waals surface area contributed by atoms with Gasteiger partial charge in [-0.25, -0.2) is 0 Å². The summed E-state index contributed by atoms with van der Waals surface area (Å²) in [6, 6.07) is 13.5. The Hall–Kier alpha value is -2.95. The Morgan fingerprint density at radius 2 is 1.75 bits per heavy atom. The van der Waals surface area contributed by atoms with Gasteiger partial charge in [0.25, 0.3) is 5.91 Å². The molecule has 3 rings (SSSR count). The van der Waals surface area contributed by atoms with Crippen LogP contribution in [0.1, 0.15) is 40.1 Å². The molecule has 1 aliphatic rings. The molecule has 1 N–H and O–H groups in total. The first-order valence-corrected chi connectivity index (χ1v) is 7.78. The Morgan fingerprint density at radius 1 is 1.08 bits per heavy atom. The number of ketones is 1. The molecule has 0 radical (unpaired) electrons. The molecule has 0 unspecified atom stereocenters. The van der Waals surface area contributed by atoms with Crippen molar-refractivity contribution in [3.05, 3.63) is 65.2 Å². The van der Waals surface area contributed by atoms with Crippen LogP contribution in [0.25, 0.3) is 0 Å². The van der Waals surface area contributed by atoms with E-state index in [1.165, 1.54) is 6.92 Å². The van der Waals surface area contributed by atoms with Gasteiger partial charge in [-0.2, -0.15) is 0 Å². The second-order valence-electron chi connectivity index (χ2n) is 5.89.